The molecule has 3 N–H and O–H groups in total. The topological polar surface area (TPSA) is 115 Å². The molecule has 0 saturated carbocycles. The normalized spacial score (nSPS) is 14.7. The minimum absolute atomic E-state index is 0.220. The highest BCUT2D eigenvalue weighted by molar-refractivity contribution is 5.77. The minimum Gasteiger partial charge on any atom is -0.444 e. The molecule has 0 radical (unpaired) electrons. The number of aromatic amines is 1. The van der Waals surface area contributed by atoms with Gasteiger partial charge in [-0.25, -0.2) is 14.8 Å². The molecular weight excluding hydrogens is 454 g/mol. The van der Waals surface area contributed by atoms with Gasteiger partial charge < -0.3 is 20.4 Å². The van der Waals surface area contributed by atoms with Gasteiger partial charge in [0, 0.05) is 36.6 Å². The summed E-state index contributed by atoms with van der Waals surface area (Å²) in [6.45, 7) is 6.94. The van der Waals surface area contributed by atoms with Crippen LogP contribution in [0.15, 0.2) is 61.2 Å². The lowest BCUT2D eigenvalue weighted by Crippen LogP contribution is -2.42. The lowest BCUT2D eigenvalue weighted by atomic mass is 10.1. The SMILES string of the molecule is CC(C)(C)OC(=O)N1CCC(n2cc(-c3cnc(N)c(-c4ncc(-c5ccccc5)[nH]4)c3)cn2)CC1. The third-order valence-corrected chi connectivity index (χ3v) is 6.26. The summed E-state index contributed by atoms with van der Waals surface area (Å²) in [5, 5.41) is 4.61. The van der Waals surface area contributed by atoms with Crippen molar-refractivity contribution in [2.45, 2.75) is 45.3 Å². The molecule has 1 aliphatic rings. The van der Waals surface area contributed by atoms with E-state index in [1.165, 1.54) is 0 Å². The Hall–Kier alpha value is -4.14. The highest BCUT2D eigenvalue weighted by Crippen LogP contribution is 2.31. The summed E-state index contributed by atoms with van der Waals surface area (Å²) in [7, 11) is 0. The summed E-state index contributed by atoms with van der Waals surface area (Å²) in [6, 6.07) is 12.2. The first-order chi connectivity index (χ1) is 17.3. The van der Waals surface area contributed by atoms with Gasteiger partial charge in [0.1, 0.15) is 17.2 Å². The molecule has 5 rings (SSSR count). The first-order valence-electron chi connectivity index (χ1n) is 12.2. The third kappa shape index (κ3) is 5.10. The molecule has 0 spiro atoms. The van der Waals surface area contributed by atoms with E-state index in [0.29, 0.717) is 24.7 Å². The summed E-state index contributed by atoms with van der Waals surface area (Å²) in [4.78, 5) is 26.4. The molecule has 1 fully saturated rings. The lowest BCUT2D eigenvalue weighted by Gasteiger charge is -2.33. The maximum atomic E-state index is 12.4. The van der Waals surface area contributed by atoms with E-state index in [9.17, 15) is 4.79 Å². The number of hydrogen-bond acceptors (Lipinski definition) is 6. The molecule has 1 saturated heterocycles. The van der Waals surface area contributed by atoms with Gasteiger partial charge in [0.25, 0.3) is 0 Å². The van der Waals surface area contributed by atoms with Crippen molar-refractivity contribution in [3.63, 3.8) is 0 Å². The number of nitrogens with one attached hydrogen (secondary N) is 1. The Balaban J connectivity index is 1.30. The van der Waals surface area contributed by atoms with Crippen LogP contribution in [0.1, 0.15) is 39.7 Å². The number of benzene rings is 1. The van der Waals surface area contributed by atoms with Crippen molar-refractivity contribution in [3.8, 4) is 33.8 Å². The molecule has 4 heterocycles. The summed E-state index contributed by atoms with van der Waals surface area (Å²) >= 11 is 0. The average Bonchev–Trinajstić information content (AvgIpc) is 3.55. The van der Waals surface area contributed by atoms with Crippen LogP contribution in [0.25, 0.3) is 33.8 Å². The molecule has 0 aliphatic carbocycles. The van der Waals surface area contributed by atoms with E-state index < -0.39 is 5.60 Å². The van der Waals surface area contributed by atoms with Crippen molar-refractivity contribution in [1.29, 1.82) is 0 Å². The molecule has 9 nitrogen and oxygen atoms in total. The number of likely N-dealkylation sites (tertiary alicyclic amines) is 1. The number of H-pyrrole nitrogens is 1. The third-order valence-electron chi connectivity index (χ3n) is 6.26. The first kappa shape index (κ1) is 23.6. The van der Waals surface area contributed by atoms with Gasteiger partial charge in [0.2, 0.25) is 0 Å². The predicted molar refractivity (Wildman–Crippen MR) is 139 cm³/mol. The monoisotopic (exact) mass is 485 g/mol. The molecule has 1 aromatic carbocycles. The molecule has 9 heteroatoms. The zero-order chi connectivity index (χ0) is 25.3. The van der Waals surface area contributed by atoms with E-state index >= 15 is 0 Å². The number of pyridine rings is 1. The molecule has 3 aromatic heterocycles. The van der Waals surface area contributed by atoms with Gasteiger partial charge in [-0.3, -0.25) is 4.68 Å². The maximum Gasteiger partial charge on any atom is 0.410 e. The van der Waals surface area contributed by atoms with E-state index in [1.54, 1.807) is 17.3 Å². The van der Waals surface area contributed by atoms with Crippen LogP contribution in [-0.2, 0) is 4.74 Å². The molecule has 36 heavy (non-hydrogen) atoms. The number of imidazole rings is 1. The van der Waals surface area contributed by atoms with Crippen LogP contribution < -0.4 is 5.73 Å². The molecule has 186 valence electrons. The van der Waals surface area contributed by atoms with Crippen LogP contribution in [0.3, 0.4) is 0 Å². The summed E-state index contributed by atoms with van der Waals surface area (Å²) in [5.41, 5.74) is 10.3. The lowest BCUT2D eigenvalue weighted by molar-refractivity contribution is 0.0185. The van der Waals surface area contributed by atoms with Gasteiger partial charge in [0.05, 0.1) is 29.7 Å². The number of piperidine rings is 1. The van der Waals surface area contributed by atoms with E-state index in [2.05, 4.69) is 20.1 Å². The van der Waals surface area contributed by atoms with Gasteiger partial charge in [0.15, 0.2) is 0 Å². The number of hydrogen-bond donors (Lipinski definition) is 2. The highest BCUT2D eigenvalue weighted by atomic mass is 16.6. The molecule has 0 atom stereocenters. The zero-order valence-electron chi connectivity index (χ0n) is 20.8. The standard InChI is InChI=1S/C27H31N7O2/c1-27(2,3)36-26(35)33-11-9-21(10-12-33)34-17-20(15-31-34)19-13-22(24(28)29-14-19)25-30-16-23(32-25)18-7-5-4-6-8-18/h4-8,13-17,21H,9-12H2,1-3H3,(H2,28,29)(H,30,32). The van der Waals surface area contributed by atoms with E-state index in [1.807, 2.05) is 74.2 Å². The Morgan fingerprint density at radius 2 is 1.78 bits per heavy atom. The number of nitrogens with zero attached hydrogens (tertiary/aromatic N) is 5. The largest absolute Gasteiger partial charge is 0.444 e. The van der Waals surface area contributed by atoms with Gasteiger partial charge in [-0.2, -0.15) is 5.10 Å². The number of nitrogens with two attached hydrogens (primary N) is 1. The van der Waals surface area contributed by atoms with Crippen molar-refractivity contribution in [2.75, 3.05) is 18.8 Å². The van der Waals surface area contributed by atoms with Crippen molar-refractivity contribution < 1.29 is 9.53 Å². The van der Waals surface area contributed by atoms with Gasteiger partial charge in [-0.15, -0.1) is 0 Å². The number of anilines is 1. The first-order valence-corrected chi connectivity index (χ1v) is 12.2. The smallest absolute Gasteiger partial charge is 0.410 e. The number of carbonyl (C=O) groups is 1. The fraction of sp³-hybridized carbons (Fsp3) is 0.333. The van der Waals surface area contributed by atoms with Crippen molar-refractivity contribution in [1.82, 2.24) is 29.6 Å². The van der Waals surface area contributed by atoms with E-state index in [4.69, 9.17) is 10.5 Å². The molecule has 1 aliphatic heterocycles. The Morgan fingerprint density at radius 3 is 2.50 bits per heavy atom. The van der Waals surface area contributed by atoms with Crippen LogP contribution in [0.4, 0.5) is 10.6 Å². The minimum atomic E-state index is -0.491. The fourth-order valence-corrected chi connectivity index (χ4v) is 4.37. The predicted octanol–water partition coefficient (Wildman–Crippen LogP) is 5.16. The van der Waals surface area contributed by atoms with Gasteiger partial charge in [-0.05, 0) is 45.2 Å². The second-order valence-corrected chi connectivity index (χ2v) is 10.1. The highest BCUT2D eigenvalue weighted by Gasteiger charge is 2.28. The van der Waals surface area contributed by atoms with E-state index in [-0.39, 0.29) is 12.1 Å². The zero-order valence-corrected chi connectivity index (χ0v) is 20.8. The number of aromatic nitrogens is 5. The Labute approximate surface area is 210 Å². The maximum absolute atomic E-state index is 12.4. The van der Waals surface area contributed by atoms with E-state index in [0.717, 1.165) is 40.8 Å². The van der Waals surface area contributed by atoms with Crippen LogP contribution in [0, 0.1) is 0 Å². The van der Waals surface area contributed by atoms with Crippen LogP contribution in [0.5, 0.6) is 0 Å². The summed E-state index contributed by atoms with van der Waals surface area (Å²) in [6.07, 6.45) is 8.82. The number of nitrogen functional groups attached to an aromatic ring is 1. The number of carbonyl (C=O) groups excluding carboxylic acids is 1. The van der Waals surface area contributed by atoms with Crippen molar-refractivity contribution >= 4 is 11.9 Å². The van der Waals surface area contributed by atoms with Gasteiger partial charge in [-0.1, -0.05) is 30.3 Å². The van der Waals surface area contributed by atoms with Crippen LogP contribution in [0.2, 0.25) is 0 Å². The fourth-order valence-electron chi connectivity index (χ4n) is 4.37. The second kappa shape index (κ2) is 9.49. The molecule has 0 unspecified atom stereocenters. The molecule has 0 bridgehead atoms. The molecule has 4 aromatic rings. The Bertz CT molecular complexity index is 1350. The molecule has 1 amide bonds. The number of rotatable bonds is 4. The molecular formula is C27H31N7O2. The van der Waals surface area contributed by atoms with Gasteiger partial charge >= 0.3 is 6.09 Å². The number of amides is 1. The average molecular weight is 486 g/mol. The summed E-state index contributed by atoms with van der Waals surface area (Å²) < 4.78 is 7.49. The van der Waals surface area contributed by atoms with Crippen molar-refractivity contribution in [3.05, 3.63) is 61.2 Å². The summed E-state index contributed by atoms with van der Waals surface area (Å²) in [5.74, 6) is 1.08. The quantitative estimate of drug-likeness (QED) is 0.413. The van der Waals surface area contributed by atoms with Crippen molar-refractivity contribution in [2.24, 2.45) is 0 Å². The Kier molecular flexibility index (Phi) is 6.22. The van der Waals surface area contributed by atoms with Crippen LogP contribution in [-0.4, -0.2) is 54.4 Å². The number of ether oxygens (including phenoxy) is 1. The van der Waals surface area contributed by atoms with Crippen LogP contribution >= 0.6 is 0 Å². The second-order valence-electron chi connectivity index (χ2n) is 10.1. The Morgan fingerprint density at radius 1 is 1.03 bits per heavy atom.